The number of carbonyl (C=O) groups excluding carboxylic acids is 1. The summed E-state index contributed by atoms with van der Waals surface area (Å²) < 4.78 is 6.71. The fourth-order valence-electron chi connectivity index (χ4n) is 1.88. The molecule has 3 rings (SSSR count). The standard InChI is InChI=1S/C14H12N4O2/c1-18-9-15-17-13(18)10-3-2-4-12(7-10)16-14(19)11-5-6-20-8-11/h2-9H,1H3,(H,16,19). The number of hydrogen-bond acceptors (Lipinski definition) is 4. The zero-order valence-electron chi connectivity index (χ0n) is 10.8. The molecule has 1 amide bonds. The van der Waals surface area contributed by atoms with Crippen molar-refractivity contribution in [3.63, 3.8) is 0 Å². The minimum Gasteiger partial charge on any atom is -0.472 e. The van der Waals surface area contributed by atoms with E-state index in [0.717, 1.165) is 11.4 Å². The van der Waals surface area contributed by atoms with Crippen molar-refractivity contribution in [3.05, 3.63) is 54.7 Å². The molecule has 0 aliphatic carbocycles. The minimum atomic E-state index is -0.214. The summed E-state index contributed by atoms with van der Waals surface area (Å²) in [6.45, 7) is 0. The molecule has 2 aromatic heterocycles. The van der Waals surface area contributed by atoms with E-state index in [9.17, 15) is 4.79 Å². The molecular formula is C14H12N4O2. The second kappa shape index (κ2) is 5.00. The van der Waals surface area contributed by atoms with Crippen LogP contribution in [-0.2, 0) is 7.05 Å². The minimum absolute atomic E-state index is 0.214. The van der Waals surface area contributed by atoms with Crippen molar-refractivity contribution in [1.82, 2.24) is 14.8 Å². The Bertz CT molecular complexity index is 731. The van der Waals surface area contributed by atoms with Crippen LogP contribution in [0.25, 0.3) is 11.4 Å². The normalized spacial score (nSPS) is 10.4. The van der Waals surface area contributed by atoms with Crippen LogP contribution in [0, 0.1) is 0 Å². The Kier molecular flexibility index (Phi) is 3.04. The van der Waals surface area contributed by atoms with E-state index in [-0.39, 0.29) is 5.91 Å². The van der Waals surface area contributed by atoms with Crippen LogP contribution in [0.1, 0.15) is 10.4 Å². The maximum Gasteiger partial charge on any atom is 0.258 e. The Morgan fingerprint density at radius 2 is 2.25 bits per heavy atom. The van der Waals surface area contributed by atoms with Crippen LogP contribution in [0.3, 0.4) is 0 Å². The summed E-state index contributed by atoms with van der Waals surface area (Å²) in [5, 5.41) is 10.7. The van der Waals surface area contributed by atoms with Gasteiger partial charge in [0.1, 0.15) is 12.6 Å². The molecule has 0 spiro atoms. The van der Waals surface area contributed by atoms with Gasteiger partial charge in [0.15, 0.2) is 5.82 Å². The van der Waals surface area contributed by atoms with Crippen LogP contribution in [0.4, 0.5) is 5.69 Å². The molecule has 0 unspecified atom stereocenters. The van der Waals surface area contributed by atoms with E-state index >= 15 is 0 Å². The van der Waals surface area contributed by atoms with Crippen LogP contribution in [0.2, 0.25) is 0 Å². The molecule has 0 radical (unpaired) electrons. The highest BCUT2D eigenvalue weighted by molar-refractivity contribution is 6.04. The molecule has 0 bridgehead atoms. The van der Waals surface area contributed by atoms with Crippen molar-refractivity contribution >= 4 is 11.6 Å². The summed E-state index contributed by atoms with van der Waals surface area (Å²) in [4.78, 5) is 11.9. The Labute approximate surface area is 115 Å². The highest BCUT2D eigenvalue weighted by atomic mass is 16.3. The molecule has 0 fully saturated rings. The first-order valence-corrected chi connectivity index (χ1v) is 6.02. The molecule has 0 aliphatic heterocycles. The van der Waals surface area contributed by atoms with E-state index in [1.165, 1.54) is 12.5 Å². The Morgan fingerprint density at radius 1 is 1.35 bits per heavy atom. The number of aryl methyl sites for hydroxylation is 1. The van der Waals surface area contributed by atoms with E-state index in [4.69, 9.17) is 4.42 Å². The number of amides is 1. The Hall–Kier alpha value is -2.89. The van der Waals surface area contributed by atoms with Crippen LogP contribution < -0.4 is 5.32 Å². The molecule has 100 valence electrons. The summed E-state index contributed by atoms with van der Waals surface area (Å²) in [6.07, 6.45) is 4.50. The number of nitrogens with one attached hydrogen (secondary N) is 1. The molecule has 0 saturated heterocycles. The highest BCUT2D eigenvalue weighted by Gasteiger charge is 2.09. The van der Waals surface area contributed by atoms with Gasteiger partial charge in [-0.25, -0.2) is 0 Å². The number of benzene rings is 1. The van der Waals surface area contributed by atoms with E-state index < -0.39 is 0 Å². The molecular weight excluding hydrogens is 256 g/mol. The lowest BCUT2D eigenvalue weighted by molar-refractivity contribution is 0.102. The molecule has 6 nitrogen and oxygen atoms in total. The molecule has 2 heterocycles. The molecule has 6 heteroatoms. The van der Waals surface area contributed by atoms with Gasteiger partial charge < -0.3 is 14.3 Å². The fourth-order valence-corrected chi connectivity index (χ4v) is 1.88. The van der Waals surface area contributed by atoms with Crippen LogP contribution in [0.15, 0.2) is 53.6 Å². The summed E-state index contributed by atoms with van der Waals surface area (Å²) in [5.74, 6) is 0.526. The largest absolute Gasteiger partial charge is 0.472 e. The lowest BCUT2D eigenvalue weighted by atomic mass is 10.2. The third kappa shape index (κ3) is 2.31. The second-order valence-corrected chi connectivity index (χ2v) is 4.31. The monoisotopic (exact) mass is 268 g/mol. The van der Waals surface area contributed by atoms with Gasteiger partial charge in [-0.1, -0.05) is 12.1 Å². The average Bonchev–Trinajstić information content (AvgIpc) is 3.10. The lowest BCUT2D eigenvalue weighted by Crippen LogP contribution is -2.10. The number of anilines is 1. The number of carbonyl (C=O) groups is 1. The first kappa shape index (κ1) is 12.2. The van der Waals surface area contributed by atoms with Crippen LogP contribution in [0.5, 0.6) is 0 Å². The Morgan fingerprint density at radius 3 is 2.95 bits per heavy atom. The third-order valence-corrected chi connectivity index (χ3v) is 2.87. The van der Waals surface area contributed by atoms with E-state index in [2.05, 4.69) is 15.5 Å². The van der Waals surface area contributed by atoms with Crippen molar-refractivity contribution in [1.29, 1.82) is 0 Å². The second-order valence-electron chi connectivity index (χ2n) is 4.31. The van der Waals surface area contributed by atoms with Crippen molar-refractivity contribution in [3.8, 4) is 11.4 Å². The fraction of sp³-hybridized carbons (Fsp3) is 0.0714. The van der Waals surface area contributed by atoms with Gasteiger partial charge in [-0.2, -0.15) is 0 Å². The summed E-state index contributed by atoms with van der Waals surface area (Å²) in [5.41, 5.74) is 2.06. The Balaban J connectivity index is 1.85. The topological polar surface area (TPSA) is 73.0 Å². The maximum atomic E-state index is 11.9. The van der Waals surface area contributed by atoms with E-state index in [1.54, 1.807) is 12.4 Å². The number of hydrogen-bond donors (Lipinski definition) is 1. The molecule has 0 atom stereocenters. The zero-order chi connectivity index (χ0) is 13.9. The molecule has 0 aliphatic rings. The van der Waals surface area contributed by atoms with Gasteiger partial charge in [-0.15, -0.1) is 10.2 Å². The first-order chi connectivity index (χ1) is 9.74. The van der Waals surface area contributed by atoms with Crippen LogP contribution in [-0.4, -0.2) is 20.7 Å². The van der Waals surface area contributed by atoms with Crippen LogP contribution >= 0.6 is 0 Å². The van der Waals surface area contributed by atoms with Gasteiger partial charge in [0, 0.05) is 18.3 Å². The van der Waals surface area contributed by atoms with Crippen molar-refractivity contribution in [2.45, 2.75) is 0 Å². The van der Waals surface area contributed by atoms with Gasteiger partial charge in [0.25, 0.3) is 5.91 Å². The molecule has 3 aromatic rings. The van der Waals surface area contributed by atoms with Crippen molar-refractivity contribution in [2.24, 2.45) is 7.05 Å². The van der Waals surface area contributed by atoms with Gasteiger partial charge in [0.2, 0.25) is 0 Å². The number of aromatic nitrogens is 3. The molecule has 1 N–H and O–H groups in total. The van der Waals surface area contributed by atoms with Gasteiger partial charge in [-0.3, -0.25) is 4.79 Å². The maximum absolute atomic E-state index is 11.9. The average molecular weight is 268 g/mol. The highest BCUT2D eigenvalue weighted by Crippen LogP contribution is 2.20. The van der Waals surface area contributed by atoms with Crippen molar-refractivity contribution in [2.75, 3.05) is 5.32 Å². The van der Waals surface area contributed by atoms with Gasteiger partial charge in [-0.05, 0) is 18.2 Å². The predicted octanol–water partition coefficient (Wildman–Crippen LogP) is 2.33. The van der Waals surface area contributed by atoms with Gasteiger partial charge >= 0.3 is 0 Å². The molecule has 1 aromatic carbocycles. The molecule has 0 saturated carbocycles. The summed E-state index contributed by atoms with van der Waals surface area (Å²) in [7, 11) is 1.87. The SMILES string of the molecule is Cn1cnnc1-c1cccc(NC(=O)c2ccoc2)c1. The smallest absolute Gasteiger partial charge is 0.258 e. The quantitative estimate of drug-likeness (QED) is 0.791. The molecule has 20 heavy (non-hydrogen) atoms. The summed E-state index contributed by atoms with van der Waals surface area (Å²) >= 11 is 0. The summed E-state index contributed by atoms with van der Waals surface area (Å²) in [6, 6.07) is 9.05. The number of furan rings is 1. The van der Waals surface area contributed by atoms with Gasteiger partial charge in [0.05, 0.1) is 11.8 Å². The first-order valence-electron chi connectivity index (χ1n) is 6.02. The van der Waals surface area contributed by atoms with Crippen molar-refractivity contribution < 1.29 is 9.21 Å². The van der Waals surface area contributed by atoms with E-state index in [1.807, 2.05) is 35.9 Å². The zero-order valence-corrected chi connectivity index (χ0v) is 10.8. The lowest BCUT2D eigenvalue weighted by Gasteiger charge is -2.06. The third-order valence-electron chi connectivity index (χ3n) is 2.87. The number of rotatable bonds is 3. The number of nitrogens with zero attached hydrogens (tertiary/aromatic N) is 3. The van der Waals surface area contributed by atoms with E-state index in [0.29, 0.717) is 11.3 Å². The predicted molar refractivity (Wildman–Crippen MR) is 73.1 cm³/mol.